The van der Waals surface area contributed by atoms with Crippen molar-refractivity contribution in [1.82, 2.24) is 4.90 Å². The highest BCUT2D eigenvalue weighted by atomic mass is 16.5. The third-order valence-electron chi connectivity index (χ3n) is 4.01. The van der Waals surface area contributed by atoms with E-state index in [0.29, 0.717) is 25.4 Å². The SMILES string of the molecule is COc1ccc(OCC(=O)N2CCO[C@H](c3ccccc3)C2)cc1. The van der Waals surface area contributed by atoms with Gasteiger partial charge in [-0.1, -0.05) is 30.3 Å². The molecule has 0 saturated carbocycles. The van der Waals surface area contributed by atoms with Crippen LogP contribution >= 0.6 is 0 Å². The van der Waals surface area contributed by atoms with Crippen LogP contribution in [-0.2, 0) is 9.53 Å². The van der Waals surface area contributed by atoms with Crippen molar-refractivity contribution in [2.75, 3.05) is 33.4 Å². The van der Waals surface area contributed by atoms with Crippen molar-refractivity contribution in [3.05, 3.63) is 60.2 Å². The Balaban J connectivity index is 1.54. The van der Waals surface area contributed by atoms with Gasteiger partial charge in [-0.05, 0) is 29.8 Å². The minimum Gasteiger partial charge on any atom is -0.497 e. The summed E-state index contributed by atoms with van der Waals surface area (Å²) in [4.78, 5) is 14.2. The summed E-state index contributed by atoms with van der Waals surface area (Å²) in [6.45, 7) is 1.70. The van der Waals surface area contributed by atoms with Crippen molar-refractivity contribution in [2.24, 2.45) is 0 Å². The van der Waals surface area contributed by atoms with E-state index in [1.165, 1.54) is 0 Å². The molecule has 0 N–H and O–H groups in total. The zero-order valence-corrected chi connectivity index (χ0v) is 13.7. The number of benzene rings is 2. The molecule has 1 aliphatic heterocycles. The topological polar surface area (TPSA) is 48.0 Å². The fourth-order valence-corrected chi connectivity index (χ4v) is 2.65. The van der Waals surface area contributed by atoms with Gasteiger partial charge in [0.15, 0.2) is 6.61 Å². The van der Waals surface area contributed by atoms with Crippen molar-refractivity contribution in [3.63, 3.8) is 0 Å². The summed E-state index contributed by atoms with van der Waals surface area (Å²) in [7, 11) is 1.61. The Bertz CT molecular complexity index is 657. The van der Waals surface area contributed by atoms with E-state index in [1.807, 2.05) is 30.3 Å². The van der Waals surface area contributed by atoms with Crippen molar-refractivity contribution in [2.45, 2.75) is 6.10 Å². The van der Waals surface area contributed by atoms with Crippen LogP contribution in [-0.4, -0.2) is 44.2 Å². The van der Waals surface area contributed by atoms with E-state index >= 15 is 0 Å². The van der Waals surface area contributed by atoms with Crippen molar-refractivity contribution >= 4 is 5.91 Å². The number of carbonyl (C=O) groups excluding carboxylic acids is 1. The summed E-state index contributed by atoms with van der Waals surface area (Å²) >= 11 is 0. The Morgan fingerprint density at radius 2 is 1.83 bits per heavy atom. The van der Waals surface area contributed by atoms with E-state index in [9.17, 15) is 4.79 Å². The first-order chi connectivity index (χ1) is 11.8. The summed E-state index contributed by atoms with van der Waals surface area (Å²) in [5, 5.41) is 0. The van der Waals surface area contributed by atoms with Gasteiger partial charge in [0.05, 0.1) is 20.3 Å². The standard InChI is InChI=1S/C19H21NO4/c1-22-16-7-9-17(10-8-16)24-14-19(21)20-11-12-23-18(13-20)15-5-3-2-4-6-15/h2-10,18H,11-14H2,1H3/t18-/m0/s1. The van der Waals surface area contributed by atoms with Gasteiger partial charge >= 0.3 is 0 Å². The smallest absolute Gasteiger partial charge is 0.260 e. The zero-order chi connectivity index (χ0) is 16.8. The largest absolute Gasteiger partial charge is 0.497 e. The van der Waals surface area contributed by atoms with E-state index in [0.717, 1.165) is 11.3 Å². The molecule has 1 heterocycles. The van der Waals surface area contributed by atoms with Crippen LogP contribution in [0.3, 0.4) is 0 Å². The van der Waals surface area contributed by atoms with Crippen LogP contribution in [0.25, 0.3) is 0 Å². The monoisotopic (exact) mass is 327 g/mol. The van der Waals surface area contributed by atoms with Crippen LogP contribution in [0, 0.1) is 0 Å². The number of morpholine rings is 1. The van der Waals surface area contributed by atoms with Gasteiger partial charge in [0.1, 0.15) is 17.6 Å². The first-order valence-corrected chi connectivity index (χ1v) is 7.97. The highest BCUT2D eigenvalue weighted by molar-refractivity contribution is 5.78. The molecule has 0 aromatic heterocycles. The van der Waals surface area contributed by atoms with E-state index in [4.69, 9.17) is 14.2 Å². The summed E-state index contributed by atoms with van der Waals surface area (Å²) in [5.74, 6) is 1.37. The highest BCUT2D eigenvalue weighted by Gasteiger charge is 2.25. The number of hydrogen-bond donors (Lipinski definition) is 0. The lowest BCUT2D eigenvalue weighted by atomic mass is 10.1. The van der Waals surface area contributed by atoms with Gasteiger partial charge in [0.25, 0.3) is 5.91 Å². The highest BCUT2D eigenvalue weighted by Crippen LogP contribution is 2.22. The lowest BCUT2D eigenvalue weighted by molar-refractivity contribution is -0.141. The Hall–Kier alpha value is -2.53. The second-order valence-corrected chi connectivity index (χ2v) is 5.57. The molecule has 1 atom stereocenters. The third-order valence-corrected chi connectivity index (χ3v) is 4.01. The molecule has 0 bridgehead atoms. The van der Waals surface area contributed by atoms with Crippen LogP contribution < -0.4 is 9.47 Å². The average Bonchev–Trinajstić information content (AvgIpc) is 2.67. The summed E-state index contributed by atoms with van der Waals surface area (Å²) < 4.78 is 16.5. The molecule has 0 radical (unpaired) electrons. The van der Waals surface area contributed by atoms with E-state index in [-0.39, 0.29) is 18.6 Å². The Labute approximate surface area is 141 Å². The second-order valence-electron chi connectivity index (χ2n) is 5.57. The van der Waals surface area contributed by atoms with Gasteiger partial charge in [-0.15, -0.1) is 0 Å². The van der Waals surface area contributed by atoms with Gasteiger partial charge in [0, 0.05) is 6.54 Å². The predicted molar refractivity (Wildman–Crippen MR) is 90.2 cm³/mol. The molecule has 1 saturated heterocycles. The number of nitrogens with zero attached hydrogens (tertiary/aromatic N) is 1. The molecular weight excluding hydrogens is 306 g/mol. The molecule has 5 heteroatoms. The molecule has 1 aliphatic rings. The molecule has 126 valence electrons. The fourth-order valence-electron chi connectivity index (χ4n) is 2.65. The lowest BCUT2D eigenvalue weighted by Crippen LogP contribution is -2.44. The van der Waals surface area contributed by atoms with Gasteiger partial charge in [0.2, 0.25) is 0 Å². The molecule has 24 heavy (non-hydrogen) atoms. The first kappa shape index (κ1) is 16.3. The Kier molecular flexibility index (Phi) is 5.33. The average molecular weight is 327 g/mol. The summed E-state index contributed by atoms with van der Waals surface area (Å²) in [6, 6.07) is 17.2. The summed E-state index contributed by atoms with van der Waals surface area (Å²) in [6.07, 6.45) is -0.0788. The van der Waals surface area contributed by atoms with E-state index in [2.05, 4.69) is 0 Å². The van der Waals surface area contributed by atoms with Gasteiger partial charge in [-0.25, -0.2) is 0 Å². The van der Waals surface area contributed by atoms with E-state index < -0.39 is 0 Å². The van der Waals surface area contributed by atoms with Gasteiger partial charge in [-0.2, -0.15) is 0 Å². The maximum Gasteiger partial charge on any atom is 0.260 e. The molecule has 2 aromatic rings. The van der Waals surface area contributed by atoms with Gasteiger partial charge < -0.3 is 19.1 Å². The molecule has 3 rings (SSSR count). The Morgan fingerprint density at radius 3 is 2.54 bits per heavy atom. The molecule has 0 aliphatic carbocycles. The number of ether oxygens (including phenoxy) is 3. The molecule has 0 spiro atoms. The quantitative estimate of drug-likeness (QED) is 0.847. The van der Waals surface area contributed by atoms with Crippen molar-refractivity contribution in [3.8, 4) is 11.5 Å². The number of hydrogen-bond acceptors (Lipinski definition) is 4. The molecule has 5 nitrogen and oxygen atoms in total. The van der Waals surface area contributed by atoms with Crippen LogP contribution in [0.1, 0.15) is 11.7 Å². The fraction of sp³-hybridized carbons (Fsp3) is 0.316. The number of rotatable bonds is 5. The zero-order valence-electron chi connectivity index (χ0n) is 13.7. The minimum atomic E-state index is -0.0788. The second kappa shape index (κ2) is 7.84. The maximum atomic E-state index is 12.4. The maximum absolute atomic E-state index is 12.4. The van der Waals surface area contributed by atoms with Crippen molar-refractivity contribution < 1.29 is 19.0 Å². The molecule has 1 amide bonds. The lowest BCUT2D eigenvalue weighted by Gasteiger charge is -2.33. The van der Waals surface area contributed by atoms with Crippen LogP contribution in [0.2, 0.25) is 0 Å². The predicted octanol–water partition coefficient (Wildman–Crippen LogP) is 2.67. The number of amides is 1. The van der Waals surface area contributed by atoms with E-state index in [1.54, 1.807) is 36.3 Å². The first-order valence-electron chi connectivity index (χ1n) is 7.97. The van der Waals surface area contributed by atoms with Crippen molar-refractivity contribution in [1.29, 1.82) is 0 Å². The van der Waals surface area contributed by atoms with Gasteiger partial charge in [-0.3, -0.25) is 4.79 Å². The Morgan fingerprint density at radius 1 is 1.12 bits per heavy atom. The molecular formula is C19H21NO4. The normalized spacial score (nSPS) is 17.4. The minimum absolute atomic E-state index is 0.0217. The molecule has 1 fully saturated rings. The third kappa shape index (κ3) is 4.06. The van der Waals surface area contributed by atoms with Crippen LogP contribution in [0.4, 0.5) is 0 Å². The number of carbonyl (C=O) groups is 1. The van der Waals surface area contributed by atoms with Crippen LogP contribution in [0.5, 0.6) is 11.5 Å². The molecule has 0 unspecified atom stereocenters. The summed E-state index contributed by atoms with van der Waals surface area (Å²) in [5.41, 5.74) is 1.09. The van der Waals surface area contributed by atoms with Crippen LogP contribution in [0.15, 0.2) is 54.6 Å². The number of methoxy groups -OCH3 is 1. The molecule has 2 aromatic carbocycles.